The van der Waals surface area contributed by atoms with Crippen molar-refractivity contribution in [3.05, 3.63) is 27.7 Å². The van der Waals surface area contributed by atoms with Gasteiger partial charge in [-0.15, -0.1) is 0 Å². The standard InChI is InChI=1S/C10H11Cl2NO4S2/c1-18-3-2-13-19(16,17)8-5-6(11)4-7(9(8)12)10(14)15/h4-5,13H,2-3H2,1H3,(H,14,15). The van der Waals surface area contributed by atoms with E-state index in [-0.39, 0.29) is 27.0 Å². The zero-order valence-electron chi connectivity index (χ0n) is 9.81. The van der Waals surface area contributed by atoms with Crippen LogP contribution in [0.1, 0.15) is 10.4 Å². The predicted molar refractivity (Wildman–Crippen MR) is 77.0 cm³/mol. The molecule has 1 rings (SSSR count). The van der Waals surface area contributed by atoms with Gasteiger partial charge < -0.3 is 5.11 Å². The molecule has 0 radical (unpaired) electrons. The first-order valence-corrected chi connectivity index (χ1v) is 8.64. The second-order valence-electron chi connectivity index (χ2n) is 3.46. The van der Waals surface area contributed by atoms with E-state index in [1.165, 1.54) is 11.8 Å². The van der Waals surface area contributed by atoms with Crippen molar-refractivity contribution in [2.45, 2.75) is 4.90 Å². The lowest BCUT2D eigenvalue weighted by Crippen LogP contribution is -2.26. The Morgan fingerprint density at radius 3 is 2.58 bits per heavy atom. The summed E-state index contributed by atoms with van der Waals surface area (Å²) in [5, 5.41) is 8.57. The molecular weight excluding hydrogens is 333 g/mol. The lowest BCUT2D eigenvalue weighted by Gasteiger charge is -2.10. The number of hydrogen-bond donors (Lipinski definition) is 2. The van der Waals surface area contributed by atoms with E-state index in [2.05, 4.69) is 4.72 Å². The molecular formula is C10H11Cl2NO4S2. The highest BCUT2D eigenvalue weighted by molar-refractivity contribution is 7.98. The quantitative estimate of drug-likeness (QED) is 0.774. The molecule has 0 saturated heterocycles. The van der Waals surface area contributed by atoms with E-state index in [9.17, 15) is 13.2 Å². The Bertz CT molecular complexity index is 589. The maximum atomic E-state index is 12.0. The average molecular weight is 344 g/mol. The lowest BCUT2D eigenvalue weighted by atomic mass is 10.2. The Morgan fingerprint density at radius 2 is 2.05 bits per heavy atom. The average Bonchev–Trinajstić information content (AvgIpc) is 2.31. The summed E-state index contributed by atoms with van der Waals surface area (Å²) in [5.41, 5.74) is -0.348. The highest BCUT2D eigenvalue weighted by Crippen LogP contribution is 2.29. The molecule has 106 valence electrons. The topological polar surface area (TPSA) is 83.5 Å². The van der Waals surface area contributed by atoms with Crippen LogP contribution in [0.15, 0.2) is 17.0 Å². The number of benzene rings is 1. The first kappa shape index (κ1) is 16.6. The molecule has 0 spiro atoms. The molecule has 1 aromatic carbocycles. The van der Waals surface area contributed by atoms with Crippen LogP contribution >= 0.6 is 35.0 Å². The number of carboxylic acid groups (broad SMARTS) is 1. The summed E-state index contributed by atoms with van der Waals surface area (Å²) in [6.45, 7) is 0.217. The fourth-order valence-corrected chi connectivity index (χ4v) is 3.64. The van der Waals surface area contributed by atoms with Crippen molar-refractivity contribution in [3.8, 4) is 0 Å². The number of aromatic carboxylic acids is 1. The van der Waals surface area contributed by atoms with Gasteiger partial charge >= 0.3 is 5.97 Å². The van der Waals surface area contributed by atoms with E-state index in [4.69, 9.17) is 28.3 Å². The summed E-state index contributed by atoms with van der Waals surface area (Å²) in [4.78, 5) is 10.6. The Kier molecular flexibility index (Phi) is 5.94. The van der Waals surface area contributed by atoms with Crippen LogP contribution in [0.5, 0.6) is 0 Å². The van der Waals surface area contributed by atoms with Crippen molar-refractivity contribution in [2.75, 3.05) is 18.6 Å². The Morgan fingerprint density at radius 1 is 1.42 bits per heavy atom. The van der Waals surface area contributed by atoms with Gasteiger partial charge in [0.15, 0.2) is 0 Å². The van der Waals surface area contributed by atoms with Crippen LogP contribution in [0.25, 0.3) is 0 Å². The molecule has 0 atom stereocenters. The Hall–Kier alpha value is -0.470. The van der Waals surface area contributed by atoms with Gasteiger partial charge in [0.05, 0.1) is 10.6 Å². The van der Waals surface area contributed by atoms with E-state index in [0.29, 0.717) is 5.75 Å². The summed E-state index contributed by atoms with van der Waals surface area (Å²) in [7, 11) is -3.88. The summed E-state index contributed by atoms with van der Waals surface area (Å²) in [6, 6.07) is 2.23. The van der Waals surface area contributed by atoms with E-state index in [0.717, 1.165) is 12.1 Å². The second-order valence-corrected chi connectivity index (χ2v) is 7.00. The molecule has 0 bridgehead atoms. The van der Waals surface area contributed by atoms with Gasteiger partial charge in [-0.05, 0) is 18.4 Å². The van der Waals surface area contributed by atoms with E-state index >= 15 is 0 Å². The van der Waals surface area contributed by atoms with Crippen LogP contribution in [0.2, 0.25) is 10.0 Å². The number of carboxylic acids is 1. The molecule has 0 aromatic heterocycles. The zero-order chi connectivity index (χ0) is 14.6. The number of nitrogens with one attached hydrogen (secondary N) is 1. The zero-order valence-corrected chi connectivity index (χ0v) is 13.0. The van der Waals surface area contributed by atoms with Gasteiger partial charge in [0.25, 0.3) is 0 Å². The van der Waals surface area contributed by atoms with Crippen molar-refractivity contribution < 1.29 is 18.3 Å². The molecule has 0 saturated carbocycles. The first-order chi connectivity index (χ1) is 8.79. The molecule has 2 N–H and O–H groups in total. The molecule has 0 fully saturated rings. The molecule has 0 aliphatic rings. The van der Waals surface area contributed by atoms with Gasteiger partial charge in [0.1, 0.15) is 4.90 Å². The van der Waals surface area contributed by atoms with Crippen molar-refractivity contribution in [1.82, 2.24) is 4.72 Å². The third-order valence-electron chi connectivity index (χ3n) is 2.12. The lowest BCUT2D eigenvalue weighted by molar-refractivity contribution is 0.0697. The molecule has 0 aliphatic heterocycles. The van der Waals surface area contributed by atoms with Gasteiger partial charge in [0.2, 0.25) is 10.0 Å². The van der Waals surface area contributed by atoms with Gasteiger partial charge in [-0.25, -0.2) is 17.9 Å². The van der Waals surface area contributed by atoms with Gasteiger partial charge in [-0.2, -0.15) is 11.8 Å². The summed E-state index contributed by atoms with van der Waals surface area (Å²) in [5.74, 6) is -0.753. The number of halogens is 2. The van der Waals surface area contributed by atoms with E-state index < -0.39 is 16.0 Å². The van der Waals surface area contributed by atoms with Crippen molar-refractivity contribution in [3.63, 3.8) is 0 Å². The van der Waals surface area contributed by atoms with Crippen LogP contribution in [-0.2, 0) is 10.0 Å². The number of carbonyl (C=O) groups is 1. The minimum Gasteiger partial charge on any atom is -0.478 e. The molecule has 9 heteroatoms. The predicted octanol–water partition coefficient (Wildman–Crippen LogP) is 2.33. The Labute approximate surface area is 125 Å². The normalized spacial score (nSPS) is 11.5. The number of rotatable bonds is 6. The van der Waals surface area contributed by atoms with Gasteiger partial charge in [-0.3, -0.25) is 0 Å². The highest BCUT2D eigenvalue weighted by atomic mass is 35.5. The third kappa shape index (κ3) is 4.25. The maximum Gasteiger partial charge on any atom is 0.337 e. The number of sulfonamides is 1. The highest BCUT2D eigenvalue weighted by Gasteiger charge is 2.23. The number of hydrogen-bond acceptors (Lipinski definition) is 4. The monoisotopic (exact) mass is 343 g/mol. The fourth-order valence-electron chi connectivity index (χ4n) is 1.27. The molecule has 0 aliphatic carbocycles. The fraction of sp³-hybridized carbons (Fsp3) is 0.300. The summed E-state index contributed by atoms with van der Waals surface area (Å²) >= 11 is 13.0. The molecule has 5 nitrogen and oxygen atoms in total. The van der Waals surface area contributed by atoms with Crippen LogP contribution in [0.4, 0.5) is 0 Å². The van der Waals surface area contributed by atoms with Crippen LogP contribution in [0, 0.1) is 0 Å². The van der Waals surface area contributed by atoms with Gasteiger partial charge in [-0.1, -0.05) is 23.2 Å². The first-order valence-electron chi connectivity index (χ1n) is 5.00. The molecule has 19 heavy (non-hydrogen) atoms. The SMILES string of the molecule is CSCCNS(=O)(=O)c1cc(Cl)cc(C(=O)O)c1Cl. The summed E-state index contributed by atoms with van der Waals surface area (Å²) < 4.78 is 26.3. The van der Waals surface area contributed by atoms with Crippen molar-refractivity contribution in [1.29, 1.82) is 0 Å². The van der Waals surface area contributed by atoms with Crippen LogP contribution in [-0.4, -0.2) is 38.0 Å². The van der Waals surface area contributed by atoms with Crippen molar-refractivity contribution >= 4 is 51.0 Å². The molecule has 1 aromatic rings. The van der Waals surface area contributed by atoms with Crippen LogP contribution < -0.4 is 4.72 Å². The maximum absolute atomic E-state index is 12.0. The third-order valence-corrected chi connectivity index (χ3v) is 4.96. The molecule has 0 amide bonds. The second kappa shape index (κ2) is 6.81. The smallest absolute Gasteiger partial charge is 0.337 e. The summed E-state index contributed by atoms with van der Waals surface area (Å²) in [6.07, 6.45) is 1.84. The van der Waals surface area contributed by atoms with Gasteiger partial charge in [0, 0.05) is 17.3 Å². The van der Waals surface area contributed by atoms with Crippen molar-refractivity contribution in [2.24, 2.45) is 0 Å². The molecule has 0 heterocycles. The van der Waals surface area contributed by atoms with E-state index in [1.807, 2.05) is 6.26 Å². The molecule has 0 unspecified atom stereocenters. The van der Waals surface area contributed by atoms with Crippen LogP contribution in [0.3, 0.4) is 0 Å². The van der Waals surface area contributed by atoms with E-state index in [1.54, 1.807) is 0 Å². The largest absolute Gasteiger partial charge is 0.478 e. The Balaban J connectivity index is 3.23. The number of thioether (sulfide) groups is 1. The minimum atomic E-state index is -3.88. The minimum absolute atomic E-state index is 0.00737.